The molecule has 0 atom stereocenters. The second-order valence-electron chi connectivity index (χ2n) is 5.14. The van der Waals surface area contributed by atoms with E-state index >= 15 is 0 Å². The number of hydrogen-bond donors (Lipinski definition) is 5. The number of nitrogens with two attached hydrogens (primary N) is 1. The van der Waals surface area contributed by atoms with Gasteiger partial charge < -0.3 is 31.1 Å². The van der Waals surface area contributed by atoms with Gasteiger partial charge in [0.15, 0.2) is 0 Å². The Balaban J connectivity index is 3.45. The summed E-state index contributed by atoms with van der Waals surface area (Å²) < 4.78 is 0. The van der Waals surface area contributed by atoms with Crippen LogP contribution in [0.5, 0.6) is 0 Å². The maximum absolute atomic E-state index is 12.7. The van der Waals surface area contributed by atoms with E-state index in [2.05, 4.69) is 0 Å². The summed E-state index contributed by atoms with van der Waals surface area (Å²) in [6.07, 6.45) is 0. The second-order valence-corrected chi connectivity index (χ2v) is 5.14. The number of aliphatic hydroxyl groups is 4. The van der Waals surface area contributed by atoms with Crippen LogP contribution in [-0.4, -0.2) is 80.6 Å². The molecule has 1 aromatic carbocycles. The minimum Gasteiger partial charge on any atom is -0.394 e. The molecule has 0 saturated carbocycles. The van der Waals surface area contributed by atoms with Gasteiger partial charge in [0.25, 0.3) is 11.6 Å². The molecule has 0 fully saturated rings. The Labute approximate surface area is 142 Å². The number of nitrogens with zero attached hydrogens (tertiary/aromatic N) is 2. The summed E-state index contributed by atoms with van der Waals surface area (Å²) in [5.41, 5.74) is 3.94. The average molecular weight is 357 g/mol. The van der Waals surface area contributed by atoms with Crippen molar-refractivity contribution in [3.05, 3.63) is 39.4 Å². The lowest BCUT2D eigenvalue weighted by Crippen LogP contribution is -2.53. The molecule has 6 N–H and O–H groups in total. The van der Waals surface area contributed by atoms with Crippen LogP contribution in [0.3, 0.4) is 0 Å². The van der Waals surface area contributed by atoms with Crippen molar-refractivity contribution >= 4 is 17.5 Å². The van der Waals surface area contributed by atoms with Crippen molar-refractivity contribution < 1.29 is 34.9 Å². The van der Waals surface area contributed by atoms with Crippen LogP contribution in [-0.2, 0) is 0 Å². The van der Waals surface area contributed by atoms with Crippen LogP contribution in [0.2, 0.25) is 0 Å². The minimum absolute atomic E-state index is 0.286. The fourth-order valence-electron chi connectivity index (χ4n) is 2.23. The lowest BCUT2D eigenvalue weighted by Gasteiger charge is -2.35. The van der Waals surface area contributed by atoms with Gasteiger partial charge in [0.2, 0.25) is 5.91 Å². The maximum atomic E-state index is 12.7. The van der Waals surface area contributed by atoms with E-state index in [1.807, 2.05) is 0 Å². The molecule has 0 radical (unpaired) electrons. The lowest BCUT2D eigenvalue weighted by molar-refractivity contribution is -0.384. The molecule has 0 spiro atoms. The molecule has 0 unspecified atom stereocenters. The minimum atomic E-state index is -1.17. The Morgan fingerprint density at radius 3 is 1.80 bits per heavy atom. The highest BCUT2D eigenvalue weighted by molar-refractivity contribution is 6.00. The normalized spacial score (nSPS) is 11.0. The van der Waals surface area contributed by atoms with Crippen molar-refractivity contribution in [1.29, 1.82) is 0 Å². The second kappa shape index (κ2) is 9.03. The molecule has 0 aliphatic rings. The Bertz CT molecular complexity index is 599. The van der Waals surface area contributed by atoms with E-state index < -0.39 is 60.9 Å². The standard InChI is InChI=1S/C14H19N3O8/c15-13(22)8-1-9(3-10(2-8)17(24)25)14(23)16(11(4-18)5-19)12(6-20)7-21/h1-3,11-12,18-21H,4-7H2,(H2,15,22). The Morgan fingerprint density at radius 2 is 1.44 bits per heavy atom. The predicted octanol–water partition coefficient (Wildman–Crippen LogP) is -2.16. The van der Waals surface area contributed by atoms with E-state index in [0.717, 1.165) is 23.1 Å². The number of nitro groups is 1. The molecular formula is C14H19N3O8. The Kier molecular flexibility index (Phi) is 7.39. The zero-order valence-electron chi connectivity index (χ0n) is 13.1. The van der Waals surface area contributed by atoms with Gasteiger partial charge >= 0.3 is 0 Å². The zero-order chi connectivity index (χ0) is 19.1. The fraction of sp³-hybridized carbons (Fsp3) is 0.429. The van der Waals surface area contributed by atoms with E-state index in [9.17, 15) is 40.1 Å². The third-order valence-corrected chi connectivity index (χ3v) is 3.52. The van der Waals surface area contributed by atoms with Crippen molar-refractivity contribution in [2.75, 3.05) is 26.4 Å². The van der Waals surface area contributed by atoms with Gasteiger partial charge in [-0.1, -0.05) is 0 Å². The van der Waals surface area contributed by atoms with Gasteiger partial charge in [-0.15, -0.1) is 0 Å². The monoisotopic (exact) mass is 357 g/mol. The van der Waals surface area contributed by atoms with Crippen molar-refractivity contribution in [2.45, 2.75) is 12.1 Å². The smallest absolute Gasteiger partial charge is 0.271 e. The third-order valence-electron chi connectivity index (χ3n) is 3.52. The number of hydrogen-bond acceptors (Lipinski definition) is 8. The fourth-order valence-corrected chi connectivity index (χ4v) is 2.23. The quantitative estimate of drug-likeness (QED) is 0.244. The summed E-state index contributed by atoms with van der Waals surface area (Å²) >= 11 is 0. The number of amides is 2. The third kappa shape index (κ3) is 4.70. The van der Waals surface area contributed by atoms with Crippen molar-refractivity contribution in [1.82, 2.24) is 4.90 Å². The predicted molar refractivity (Wildman–Crippen MR) is 83.7 cm³/mol. The van der Waals surface area contributed by atoms with Crippen LogP contribution in [0.4, 0.5) is 5.69 Å². The molecule has 0 aliphatic carbocycles. The van der Waals surface area contributed by atoms with Crippen molar-refractivity contribution in [3.63, 3.8) is 0 Å². The molecular weight excluding hydrogens is 338 g/mol. The Morgan fingerprint density at radius 1 is 1.00 bits per heavy atom. The molecule has 0 aromatic heterocycles. The summed E-state index contributed by atoms with van der Waals surface area (Å²) in [7, 11) is 0. The van der Waals surface area contributed by atoms with Gasteiger partial charge in [-0.25, -0.2) is 0 Å². The maximum Gasteiger partial charge on any atom is 0.271 e. The number of carbonyl (C=O) groups excluding carboxylic acids is 2. The number of carbonyl (C=O) groups is 2. The summed E-state index contributed by atoms with van der Waals surface area (Å²) in [6.45, 7) is -2.74. The highest BCUT2D eigenvalue weighted by Gasteiger charge is 2.31. The van der Waals surface area contributed by atoms with Crippen LogP contribution >= 0.6 is 0 Å². The largest absolute Gasteiger partial charge is 0.394 e. The van der Waals surface area contributed by atoms with E-state index in [1.165, 1.54) is 0 Å². The molecule has 138 valence electrons. The van der Waals surface area contributed by atoms with Crippen molar-refractivity contribution in [2.24, 2.45) is 5.73 Å². The van der Waals surface area contributed by atoms with E-state index in [4.69, 9.17) is 5.73 Å². The van der Waals surface area contributed by atoms with Crippen molar-refractivity contribution in [3.8, 4) is 0 Å². The first-order valence-corrected chi connectivity index (χ1v) is 7.16. The Hall–Kier alpha value is -2.60. The number of aliphatic hydroxyl groups excluding tert-OH is 4. The zero-order valence-corrected chi connectivity index (χ0v) is 13.1. The molecule has 1 aromatic rings. The van der Waals surface area contributed by atoms with Crippen LogP contribution in [0.15, 0.2) is 18.2 Å². The summed E-state index contributed by atoms with van der Waals surface area (Å²) in [5.74, 6) is -1.93. The molecule has 0 aliphatic heterocycles. The molecule has 25 heavy (non-hydrogen) atoms. The average Bonchev–Trinajstić information content (AvgIpc) is 2.61. The van der Waals surface area contributed by atoms with Crippen LogP contribution < -0.4 is 5.73 Å². The number of rotatable bonds is 9. The molecule has 1 rings (SSSR count). The number of nitro benzene ring substituents is 1. The van der Waals surface area contributed by atoms with Crippen LogP contribution in [0.25, 0.3) is 0 Å². The number of primary amides is 1. The highest BCUT2D eigenvalue weighted by atomic mass is 16.6. The van der Waals surface area contributed by atoms with Crippen LogP contribution in [0, 0.1) is 10.1 Å². The summed E-state index contributed by atoms with van der Waals surface area (Å²) in [4.78, 5) is 35.0. The first kappa shape index (κ1) is 20.4. The van der Waals surface area contributed by atoms with Gasteiger partial charge in [0, 0.05) is 23.3 Å². The van der Waals surface area contributed by atoms with Gasteiger partial charge in [-0.3, -0.25) is 19.7 Å². The topological polar surface area (TPSA) is 187 Å². The first-order valence-electron chi connectivity index (χ1n) is 7.16. The molecule has 11 heteroatoms. The SMILES string of the molecule is NC(=O)c1cc(C(=O)N(C(CO)CO)C(CO)CO)cc([N+](=O)[O-])c1. The number of non-ortho nitro benzene ring substituents is 1. The summed E-state index contributed by atoms with van der Waals surface area (Å²) in [6, 6.07) is 0.456. The van der Waals surface area contributed by atoms with E-state index in [-0.39, 0.29) is 11.1 Å². The summed E-state index contributed by atoms with van der Waals surface area (Å²) in [5, 5.41) is 48.3. The highest BCUT2D eigenvalue weighted by Crippen LogP contribution is 2.20. The number of benzene rings is 1. The molecule has 0 heterocycles. The van der Waals surface area contributed by atoms with E-state index in [0.29, 0.717) is 0 Å². The molecule has 2 amide bonds. The molecule has 0 bridgehead atoms. The van der Waals surface area contributed by atoms with Gasteiger partial charge in [0.05, 0.1) is 43.4 Å². The molecule has 11 nitrogen and oxygen atoms in total. The van der Waals surface area contributed by atoms with Gasteiger partial charge in [-0.2, -0.15) is 0 Å². The lowest BCUT2D eigenvalue weighted by atomic mass is 10.0. The molecule has 0 saturated heterocycles. The van der Waals surface area contributed by atoms with Crippen LogP contribution in [0.1, 0.15) is 20.7 Å². The van der Waals surface area contributed by atoms with Gasteiger partial charge in [0.1, 0.15) is 0 Å². The first-order chi connectivity index (χ1) is 11.8. The van der Waals surface area contributed by atoms with E-state index in [1.54, 1.807) is 0 Å². The van der Waals surface area contributed by atoms with Gasteiger partial charge in [-0.05, 0) is 6.07 Å².